The number of ether oxygens (including phenoxy) is 1. The van der Waals surface area contributed by atoms with Gasteiger partial charge in [0, 0.05) is 30.4 Å². The van der Waals surface area contributed by atoms with E-state index in [-0.39, 0.29) is 23.1 Å². The number of nitrogens with zero attached hydrogens (tertiary/aromatic N) is 3. The third-order valence-electron chi connectivity index (χ3n) is 5.17. The van der Waals surface area contributed by atoms with Crippen LogP contribution in [0.3, 0.4) is 0 Å². The van der Waals surface area contributed by atoms with Gasteiger partial charge in [-0.05, 0) is 40.5 Å². The second kappa shape index (κ2) is 11.1. The molecule has 0 aliphatic carbocycles. The van der Waals surface area contributed by atoms with Gasteiger partial charge in [0.25, 0.3) is 0 Å². The monoisotopic (exact) mass is 481 g/mol. The molecule has 2 aromatic heterocycles. The smallest absolute Gasteiger partial charge is 0.424 e. The number of aryl methyl sites for hydroxylation is 2. The van der Waals surface area contributed by atoms with Gasteiger partial charge in [0.2, 0.25) is 0 Å². The molecule has 1 aromatic carbocycles. The molecule has 0 saturated carbocycles. The summed E-state index contributed by atoms with van der Waals surface area (Å²) in [7, 11) is 0. The van der Waals surface area contributed by atoms with Crippen LogP contribution in [-0.2, 0) is 22.4 Å². The summed E-state index contributed by atoms with van der Waals surface area (Å²) in [6, 6.07) is 9.04. The number of anilines is 1. The number of oxazole rings is 2. The van der Waals surface area contributed by atoms with Gasteiger partial charge in [-0.1, -0.05) is 37.3 Å². The van der Waals surface area contributed by atoms with Crippen LogP contribution < -0.4 is 4.90 Å². The zero-order chi connectivity index (χ0) is 25.6. The molecule has 2 heterocycles. The Hall–Kier alpha value is -3.75. The molecule has 0 radical (unpaired) electrons. The first-order chi connectivity index (χ1) is 16.6. The van der Waals surface area contributed by atoms with Crippen LogP contribution in [0.4, 0.5) is 10.6 Å². The van der Waals surface area contributed by atoms with Gasteiger partial charge in [-0.3, -0.25) is 4.90 Å². The molecule has 0 fully saturated rings. The Balaban J connectivity index is 1.79. The Labute approximate surface area is 204 Å². The summed E-state index contributed by atoms with van der Waals surface area (Å²) in [5.74, 6) is 0.498. The van der Waals surface area contributed by atoms with Crippen LogP contribution in [0.5, 0.6) is 0 Å². The minimum atomic E-state index is -0.917. The van der Waals surface area contributed by atoms with E-state index in [4.69, 9.17) is 13.6 Å². The fourth-order valence-corrected chi connectivity index (χ4v) is 3.49. The van der Waals surface area contributed by atoms with Crippen LogP contribution in [-0.4, -0.2) is 33.4 Å². The van der Waals surface area contributed by atoms with E-state index in [1.165, 1.54) is 11.2 Å². The fourth-order valence-electron chi connectivity index (χ4n) is 3.49. The van der Waals surface area contributed by atoms with Gasteiger partial charge in [0.15, 0.2) is 29.1 Å². The highest BCUT2D eigenvalue weighted by molar-refractivity contribution is 6.03. The average Bonchev–Trinajstić information content (AvgIpc) is 3.43. The molecular formula is C26H31N3O6. The quantitative estimate of drug-likeness (QED) is 0.215. The highest BCUT2D eigenvalue weighted by Crippen LogP contribution is 2.28. The van der Waals surface area contributed by atoms with Crippen molar-refractivity contribution in [1.29, 1.82) is 0 Å². The number of ketones is 1. The van der Waals surface area contributed by atoms with Gasteiger partial charge in [-0.15, -0.1) is 0 Å². The standard InChI is InChI=1S/C26H31N3O6/c1-6-20-28-22(23(34-20)18-13-8-7-9-14-18)24(31)35-25(32)29(26(3,4)5)19-16-33-21(27-19)15-11-10-12-17(2)30/h7-9,13-14,16H,6,10-12,15H2,1-5H3. The summed E-state index contributed by atoms with van der Waals surface area (Å²) in [6.07, 6.45) is 3.42. The minimum Gasteiger partial charge on any atom is -0.447 e. The predicted octanol–water partition coefficient (Wildman–Crippen LogP) is 5.78. The Morgan fingerprint density at radius 1 is 1.03 bits per heavy atom. The van der Waals surface area contributed by atoms with Gasteiger partial charge in [0.1, 0.15) is 12.0 Å². The van der Waals surface area contributed by atoms with E-state index in [2.05, 4.69) is 9.97 Å². The van der Waals surface area contributed by atoms with E-state index >= 15 is 0 Å². The number of unbranched alkanes of at least 4 members (excludes halogenated alkanes) is 1. The fraction of sp³-hybridized carbons (Fsp3) is 0.423. The van der Waals surface area contributed by atoms with Gasteiger partial charge >= 0.3 is 12.1 Å². The van der Waals surface area contributed by atoms with Gasteiger partial charge in [-0.25, -0.2) is 14.6 Å². The number of aromatic nitrogens is 2. The second-order valence-electron chi connectivity index (χ2n) is 9.18. The highest BCUT2D eigenvalue weighted by Gasteiger charge is 2.35. The summed E-state index contributed by atoms with van der Waals surface area (Å²) >= 11 is 0. The highest BCUT2D eigenvalue weighted by atomic mass is 16.6. The lowest BCUT2D eigenvalue weighted by Gasteiger charge is -2.31. The Morgan fingerprint density at radius 3 is 2.37 bits per heavy atom. The first-order valence-electron chi connectivity index (χ1n) is 11.7. The van der Waals surface area contributed by atoms with Crippen molar-refractivity contribution in [2.75, 3.05) is 4.90 Å². The molecule has 0 N–H and O–H groups in total. The zero-order valence-electron chi connectivity index (χ0n) is 20.8. The lowest BCUT2D eigenvalue weighted by molar-refractivity contribution is -0.117. The zero-order valence-corrected chi connectivity index (χ0v) is 20.8. The lowest BCUT2D eigenvalue weighted by Crippen LogP contribution is -2.47. The average molecular weight is 482 g/mol. The molecule has 0 unspecified atom stereocenters. The van der Waals surface area contributed by atoms with Crippen molar-refractivity contribution < 1.29 is 28.0 Å². The van der Waals surface area contributed by atoms with E-state index in [0.29, 0.717) is 36.6 Å². The SMILES string of the molecule is CCc1nc(C(=O)OC(=O)N(c2coc(CCCCC(C)=O)n2)C(C)(C)C)c(-c2ccccc2)o1. The molecular weight excluding hydrogens is 450 g/mol. The molecule has 3 rings (SSSR count). The van der Waals surface area contributed by atoms with Crippen molar-refractivity contribution >= 4 is 23.7 Å². The number of hydrogen-bond donors (Lipinski definition) is 0. The molecule has 9 nitrogen and oxygen atoms in total. The molecule has 35 heavy (non-hydrogen) atoms. The minimum absolute atomic E-state index is 0.0680. The van der Waals surface area contributed by atoms with Crippen molar-refractivity contribution in [3.05, 3.63) is 54.1 Å². The summed E-state index contributed by atoms with van der Waals surface area (Å²) < 4.78 is 16.5. The van der Waals surface area contributed by atoms with Crippen LogP contribution in [0.15, 0.2) is 45.4 Å². The second-order valence-corrected chi connectivity index (χ2v) is 9.18. The molecule has 0 spiro atoms. The number of Topliss-reactive ketones (excluding diaryl/α,β-unsaturated/α-hetero) is 1. The Kier molecular flexibility index (Phi) is 8.22. The molecule has 0 atom stereocenters. The number of amides is 1. The largest absolute Gasteiger partial charge is 0.447 e. The summed E-state index contributed by atoms with van der Waals surface area (Å²) in [5.41, 5.74) is -0.180. The number of benzene rings is 1. The molecule has 0 aliphatic heterocycles. The van der Waals surface area contributed by atoms with Crippen molar-refractivity contribution in [3.63, 3.8) is 0 Å². The van der Waals surface area contributed by atoms with Crippen molar-refractivity contribution in [2.45, 2.75) is 72.3 Å². The molecule has 186 valence electrons. The maximum absolute atomic E-state index is 13.1. The number of esters is 1. The molecule has 0 saturated heterocycles. The van der Waals surface area contributed by atoms with Crippen molar-refractivity contribution in [3.8, 4) is 11.3 Å². The number of carbonyl (C=O) groups excluding carboxylic acids is 3. The van der Waals surface area contributed by atoms with E-state index in [9.17, 15) is 14.4 Å². The number of rotatable bonds is 9. The van der Waals surface area contributed by atoms with Crippen molar-refractivity contribution in [2.24, 2.45) is 0 Å². The molecule has 0 aliphatic rings. The van der Waals surface area contributed by atoms with Crippen LogP contribution in [0, 0.1) is 0 Å². The lowest BCUT2D eigenvalue weighted by atomic mass is 10.1. The normalized spacial score (nSPS) is 11.3. The van der Waals surface area contributed by atoms with Crippen LogP contribution in [0.25, 0.3) is 11.3 Å². The van der Waals surface area contributed by atoms with E-state index in [1.54, 1.807) is 39.8 Å². The van der Waals surface area contributed by atoms with Gasteiger partial charge in [0.05, 0.1) is 0 Å². The third-order valence-corrected chi connectivity index (χ3v) is 5.17. The van der Waals surface area contributed by atoms with Crippen LogP contribution in [0.2, 0.25) is 0 Å². The summed E-state index contributed by atoms with van der Waals surface area (Å²) in [6.45, 7) is 8.79. The maximum Gasteiger partial charge on any atom is 0.424 e. The maximum atomic E-state index is 13.1. The Morgan fingerprint density at radius 2 is 1.74 bits per heavy atom. The van der Waals surface area contributed by atoms with Crippen LogP contribution >= 0.6 is 0 Å². The van der Waals surface area contributed by atoms with Gasteiger partial charge < -0.3 is 18.4 Å². The Bertz CT molecular complexity index is 1170. The third kappa shape index (κ3) is 6.65. The molecule has 9 heteroatoms. The van der Waals surface area contributed by atoms with Crippen molar-refractivity contribution in [1.82, 2.24) is 9.97 Å². The number of hydrogen-bond acceptors (Lipinski definition) is 8. The first kappa shape index (κ1) is 25.9. The number of carbonyl (C=O) groups is 3. The van der Waals surface area contributed by atoms with Gasteiger partial charge in [-0.2, -0.15) is 4.98 Å². The predicted molar refractivity (Wildman–Crippen MR) is 129 cm³/mol. The van der Waals surface area contributed by atoms with Crippen LogP contribution in [0.1, 0.15) is 76.2 Å². The molecule has 1 amide bonds. The first-order valence-corrected chi connectivity index (χ1v) is 11.7. The summed E-state index contributed by atoms with van der Waals surface area (Å²) in [4.78, 5) is 47.2. The van der Waals surface area contributed by atoms with E-state index < -0.39 is 17.6 Å². The summed E-state index contributed by atoms with van der Waals surface area (Å²) in [5, 5.41) is 0. The molecule has 0 bridgehead atoms. The van der Waals surface area contributed by atoms with E-state index in [0.717, 1.165) is 12.8 Å². The topological polar surface area (TPSA) is 116 Å². The molecule has 3 aromatic rings. The van der Waals surface area contributed by atoms with E-state index in [1.807, 2.05) is 25.1 Å².